The Hall–Kier alpha value is -0.610. The fourth-order valence-electron chi connectivity index (χ4n) is 2.25. The largest absolute Gasteiger partial charge is 0.352 e. The van der Waals surface area contributed by atoms with E-state index < -0.39 is 0 Å². The molecule has 3 N–H and O–H groups in total. The summed E-state index contributed by atoms with van der Waals surface area (Å²) in [5.41, 5.74) is 5.86. The maximum absolute atomic E-state index is 11.6. The van der Waals surface area contributed by atoms with Crippen LogP contribution in [0.4, 0.5) is 0 Å². The summed E-state index contributed by atoms with van der Waals surface area (Å²) in [5.74, 6) is 0.167. The van der Waals surface area contributed by atoms with Crippen molar-refractivity contribution >= 4 is 5.91 Å². The minimum absolute atomic E-state index is 0.167. The van der Waals surface area contributed by atoms with Gasteiger partial charge < -0.3 is 11.1 Å². The van der Waals surface area contributed by atoms with E-state index in [1.165, 1.54) is 0 Å². The molecule has 2 atom stereocenters. The van der Waals surface area contributed by atoms with E-state index >= 15 is 0 Å². The quantitative estimate of drug-likeness (QED) is 0.692. The van der Waals surface area contributed by atoms with Crippen LogP contribution in [0, 0.1) is 0 Å². The lowest BCUT2D eigenvalue weighted by molar-refractivity contribution is -0.122. The molecule has 0 saturated heterocycles. The Morgan fingerprint density at radius 3 is 2.67 bits per heavy atom. The molecule has 0 heterocycles. The Balaban J connectivity index is 1.70. The SMILES string of the molecule is CN(CC(=O)NC1CC1)C1CCC(N)C1. The highest BCUT2D eigenvalue weighted by Crippen LogP contribution is 2.22. The standard InChI is InChI=1S/C11H21N3O/c1-14(10-5-2-8(12)6-10)7-11(15)13-9-3-4-9/h8-10H,2-7,12H2,1H3,(H,13,15). The number of carbonyl (C=O) groups excluding carboxylic acids is 1. The van der Waals surface area contributed by atoms with Crippen molar-refractivity contribution in [3.63, 3.8) is 0 Å². The van der Waals surface area contributed by atoms with Crippen LogP contribution in [-0.2, 0) is 4.79 Å². The lowest BCUT2D eigenvalue weighted by Gasteiger charge is -2.23. The van der Waals surface area contributed by atoms with Crippen LogP contribution in [0.1, 0.15) is 32.1 Å². The number of nitrogens with two attached hydrogens (primary N) is 1. The van der Waals surface area contributed by atoms with Crippen molar-refractivity contribution in [3.05, 3.63) is 0 Å². The highest BCUT2D eigenvalue weighted by atomic mass is 16.2. The van der Waals surface area contributed by atoms with Crippen LogP contribution in [0.25, 0.3) is 0 Å². The van der Waals surface area contributed by atoms with Crippen LogP contribution in [0.3, 0.4) is 0 Å². The van der Waals surface area contributed by atoms with Crippen LogP contribution in [0.5, 0.6) is 0 Å². The number of hydrogen-bond acceptors (Lipinski definition) is 3. The molecular weight excluding hydrogens is 190 g/mol. The Labute approximate surface area is 91.2 Å². The number of nitrogens with one attached hydrogen (secondary N) is 1. The summed E-state index contributed by atoms with van der Waals surface area (Å²) >= 11 is 0. The molecule has 0 aromatic rings. The third kappa shape index (κ3) is 3.18. The zero-order valence-corrected chi connectivity index (χ0v) is 9.41. The summed E-state index contributed by atoms with van der Waals surface area (Å²) in [5, 5.41) is 3.01. The van der Waals surface area contributed by atoms with Gasteiger partial charge in [0.05, 0.1) is 6.54 Å². The molecule has 86 valence electrons. The monoisotopic (exact) mass is 211 g/mol. The van der Waals surface area contributed by atoms with E-state index in [-0.39, 0.29) is 5.91 Å². The average molecular weight is 211 g/mol. The molecular formula is C11H21N3O. The second-order valence-corrected chi connectivity index (χ2v) is 4.98. The minimum atomic E-state index is 0.167. The van der Waals surface area contributed by atoms with E-state index in [1.807, 2.05) is 7.05 Å². The molecule has 2 aliphatic rings. The van der Waals surface area contributed by atoms with Gasteiger partial charge in [-0.25, -0.2) is 0 Å². The van der Waals surface area contributed by atoms with Gasteiger partial charge in [-0.1, -0.05) is 0 Å². The zero-order valence-electron chi connectivity index (χ0n) is 9.41. The van der Waals surface area contributed by atoms with Crippen LogP contribution >= 0.6 is 0 Å². The highest BCUT2D eigenvalue weighted by molar-refractivity contribution is 5.78. The number of hydrogen-bond donors (Lipinski definition) is 2. The first kappa shape index (κ1) is 10.9. The van der Waals surface area contributed by atoms with Gasteiger partial charge in [-0.3, -0.25) is 9.69 Å². The molecule has 1 amide bonds. The fraction of sp³-hybridized carbons (Fsp3) is 0.909. The summed E-state index contributed by atoms with van der Waals surface area (Å²) in [6.07, 6.45) is 5.58. The van der Waals surface area contributed by atoms with Crippen molar-refractivity contribution in [1.29, 1.82) is 0 Å². The topological polar surface area (TPSA) is 58.4 Å². The zero-order chi connectivity index (χ0) is 10.8. The second kappa shape index (κ2) is 4.49. The Bertz CT molecular complexity index is 240. The first-order valence-corrected chi connectivity index (χ1v) is 5.90. The molecule has 0 spiro atoms. The second-order valence-electron chi connectivity index (χ2n) is 4.98. The molecule has 2 saturated carbocycles. The lowest BCUT2D eigenvalue weighted by Crippen LogP contribution is -2.40. The Morgan fingerprint density at radius 1 is 1.40 bits per heavy atom. The van der Waals surface area contributed by atoms with E-state index in [0.717, 1.165) is 32.1 Å². The highest BCUT2D eigenvalue weighted by Gasteiger charge is 2.28. The number of amides is 1. The molecule has 2 rings (SSSR count). The summed E-state index contributed by atoms with van der Waals surface area (Å²) in [6.45, 7) is 0.522. The molecule has 4 nitrogen and oxygen atoms in total. The first-order chi connectivity index (χ1) is 7.15. The van der Waals surface area contributed by atoms with Gasteiger partial charge in [-0.05, 0) is 39.2 Å². The van der Waals surface area contributed by atoms with Gasteiger partial charge >= 0.3 is 0 Å². The normalized spacial score (nSPS) is 30.9. The van der Waals surface area contributed by atoms with Gasteiger partial charge in [0, 0.05) is 18.1 Å². The number of carbonyl (C=O) groups is 1. The van der Waals surface area contributed by atoms with E-state index in [2.05, 4.69) is 10.2 Å². The van der Waals surface area contributed by atoms with E-state index in [0.29, 0.717) is 24.7 Å². The predicted octanol–water partition coefficient (Wildman–Crippen LogP) is 0.0766. The van der Waals surface area contributed by atoms with Crippen molar-refractivity contribution in [1.82, 2.24) is 10.2 Å². The summed E-state index contributed by atoms with van der Waals surface area (Å²) in [4.78, 5) is 13.7. The van der Waals surface area contributed by atoms with Crippen LogP contribution in [0.15, 0.2) is 0 Å². The maximum atomic E-state index is 11.6. The molecule has 2 aliphatic carbocycles. The fourth-order valence-corrected chi connectivity index (χ4v) is 2.25. The van der Waals surface area contributed by atoms with Crippen LogP contribution in [-0.4, -0.2) is 42.5 Å². The average Bonchev–Trinajstić information content (AvgIpc) is 2.85. The van der Waals surface area contributed by atoms with E-state index in [4.69, 9.17) is 5.73 Å². The third-order valence-corrected chi connectivity index (χ3v) is 3.40. The van der Waals surface area contributed by atoms with Gasteiger partial charge in [0.25, 0.3) is 0 Å². The van der Waals surface area contributed by atoms with Crippen molar-refractivity contribution in [2.45, 2.75) is 50.2 Å². The number of rotatable bonds is 4. The number of likely N-dealkylation sites (N-methyl/N-ethyl adjacent to an activating group) is 1. The van der Waals surface area contributed by atoms with Crippen molar-refractivity contribution in [3.8, 4) is 0 Å². The molecule has 0 bridgehead atoms. The van der Waals surface area contributed by atoms with Crippen molar-refractivity contribution < 1.29 is 4.79 Å². The summed E-state index contributed by atoms with van der Waals surface area (Å²) < 4.78 is 0. The van der Waals surface area contributed by atoms with Gasteiger partial charge in [-0.2, -0.15) is 0 Å². The van der Waals surface area contributed by atoms with Gasteiger partial charge in [0.2, 0.25) is 5.91 Å². The number of nitrogens with zero attached hydrogens (tertiary/aromatic N) is 1. The van der Waals surface area contributed by atoms with Gasteiger partial charge in [0.15, 0.2) is 0 Å². The minimum Gasteiger partial charge on any atom is -0.352 e. The maximum Gasteiger partial charge on any atom is 0.234 e. The van der Waals surface area contributed by atoms with E-state index in [1.54, 1.807) is 0 Å². The molecule has 0 aromatic heterocycles. The van der Waals surface area contributed by atoms with Gasteiger partial charge in [0.1, 0.15) is 0 Å². The Kier molecular flexibility index (Phi) is 3.26. The molecule has 0 aromatic carbocycles. The van der Waals surface area contributed by atoms with Crippen molar-refractivity contribution in [2.75, 3.05) is 13.6 Å². The summed E-state index contributed by atoms with van der Waals surface area (Å²) in [6, 6.07) is 1.31. The molecule has 0 aliphatic heterocycles. The first-order valence-electron chi connectivity index (χ1n) is 5.90. The predicted molar refractivity (Wildman–Crippen MR) is 59.4 cm³/mol. The Morgan fingerprint density at radius 2 is 2.13 bits per heavy atom. The van der Waals surface area contributed by atoms with Crippen LogP contribution < -0.4 is 11.1 Å². The molecule has 15 heavy (non-hydrogen) atoms. The molecule has 0 radical (unpaired) electrons. The van der Waals surface area contributed by atoms with Gasteiger partial charge in [-0.15, -0.1) is 0 Å². The van der Waals surface area contributed by atoms with E-state index in [9.17, 15) is 4.79 Å². The molecule has 2 fully saturated rings. The summed E-state index contributed by atoms with van der Waals surface area (Å²) in [7, 11) is 2.02. The van der Waals surface area contributed by atoms with Crippen LogP contribution in [0.2, 0.25) is 0 Å². The third-order valence-electron chi connectivity index (χ3n) is 3.40. The van der Waals surface area contributed by atoms with Crippen molar-refractivity contribution in [2.24, 2.45) is 5.73 Å². The molecule has 2 unspecified atom stereocenters. The smallest absolute Gasteiger partial charge is 0.234 e. The lowest BCUT2D eigenvalue weighted by atomic mass is 10.2. The molecule has 4 heteroatoms.